The van der Waals surface area contributed by atoms with E-state index in [0.29, 0.717) is 19.0 Å². The van der Waals surface area contributed by atoms with Crippen molar-refractivity contribution in [1.29, 1.82) is 0 Å². The van der Waals surface area contributed by atoms with E-state index in [4.69, 9.17) is 4.74 Å². The highest BCUT2D eigenvalue weighted by Crippen LogP contribution is 2.26. The van der Waals surface area contributed by atoms with Crippen molar-refractivity contribution in [3.63, 3.8) is 0 Å². The van der Waals surface area contributed by atoms with E-state index in [1.165, 1.54) is 5.56 Å². The van der Waals surface area contributed by atoms with Crippen LogP contribution in [0.3, 0.4) is 0 Å². The molecular formula is C17H25NO3. The Morgan fingerprint density at radius 2 is 1.62 bits per heavy atom. The number of morpholine rings is 1. The molecule has 1 aromatic rings. The Morgan fingerprint density at radius 3 is 2.05 bits per heavy atom. The normalized spacial score (nSPS) is 25.0. The Bertz CT molecular complexity index is 473. The van der Waals surface area contributed by atoms with Gasteiger partial charge in [0.25, 0.3) is 0 Å². The van der Waals surface area contributed by atoms with Gasteiger partial charge in [0.2, 0.25) is 0 Å². The molecule has 0 bridgehead atoms. The van der Waals surface area contributed by atoms with Gasteiger partial charge in [-0.2, -0.15) is 0 Å². The molecule has 3 unspecified atom stereocenters. The minimum Gasteiger partial charge on any atom is -0.480 e. The minimum atomic E-state index is -0.798. The Hall–Kier alpha value is -1.39. The summed E-state index contributed by atoms with van der Waals surface area (Å²) in [7, 11) is 0. The summed E-state index contributed by atoms with van der Waals surface area (Å²) in [5.41, 5.74) is 2.07. The molecule has 4 nitrogen and oxygen atoms in total. The van der Waals surface area contributed by atoms with E-state index in [-0.39, 0.29) is 12.2 Å². The maximum absolute atomic E-state index is 11.7. The van der Waals surface area contributed by atoms with Crippen LogP contribution >= 0.6 is 0 Å². The first-order chi connectivity index (χ1) is 9.88. The molecule has 3 atom stereocenters. The van der Waals surface area contributed by atoms with Crippen LogP contribution in [0.15, 0.2) is 24.3 Å². The van der Waals surface area contributed by atoms with Gasteiger partial charge >= 0.3 is 5.97 Å². The fourth-order valence-electron chi connectivity index (χ4n) is 3.00. The SMILES string of the molecule is CC1CN(C(C(=O)O)c2ccc(C(C)C)cc2)CC(C)O1. The monoisotopic (exact) mass is 291 g/mol. The first-order valence-corrected chi connectivity index (χ1v) is 7.60. The highest BCUT2D eigenvalue weighted by molar-refractivity contribution is 5.75. The molecule has 116 valence electrons. The first-order valence-electron chi connectivity index (χ1n) is 7.60. The molecule has 1 heterocycles. The van der Waals surface area contributed by atoms with Gasteiger partial charge in [0, 0.05) is 13.1 Å². The molecule has 1 saturated heterocycles. The second-order valence-electron chi connectivity index (χ2n) is 6.27. The lowest BCUT2D eigenvalue weighted by molar-refractivity contribution is -0.149. The highest BCUT2D eigenvalue weighted by Gasteiger charge is 2.33. The lowest BCUT2D eigenvalue weighted by Crippen LogP contribution is -2.48. The number of nitrogens with zero attached hydrogens (tertiary/aromatic N) is 1. The molecule has 1 aliphatic heterocycles. The average Bonchev–Trinajstić information content (AvgIpc) is 2.37. The average molecular weight is 291 g/mol. The van der Waals surface area contributed by atoms with Gasteiger partial charge in [-0.05, 0) is 30.9 Å². The molecule has 0 amide bonds. The minimum absolute atomic E-state index is 0.0607. The van der Waals surface area contributed by atoms with Gasteiger partial charge in [-0.1, -0.05) is 38.1 Å². The zero-order valence-electron chi connectivity index (χ0n) is 13.2. The van der Waals surface area contributed by atoms with Crippen LogP contribution < -0.4 is 0 Å². The van der Waals surface area contributed by atoms with Crippen LogP contribution in [-0.2, 0) is 9.53 Å². The van der Waals surface area contributed by atoms with Crippen LogP contribution in [0.2, 0.25) is 0 Å². The standard InChI is InChI=1S/C17H25NO3/c1-11(2)14-5-7-15(8-6-14)16(17(19)20)18-9-12(3)21-13(4)10-18/h5-8,11-13,16H,9-10H2,1-4H3,(H,19,20). The zero-order chi connectivity index (χ0) is 15.6. The smallest absolute Gasteiger partial charge is 0.325 e. The van der Waals surface area contributed by atoms with Gasteiger partial charge in [0.05, 0.1) is 12.2 Å². The lowest BCUT2D eigenvalue weighted by atomic mass is 9.97. The van der Waals surface area contributed by atoms with Crippen molar-refractivity contribution in [3.8, 4) is 0 Å². The number of hydrogen-bond donors (Lipinski definition) is 1. The van der Waals surface area contributed by atoms with E-state index in [1.807, 2.05) is 43.0 Å². The Morgan fingerprint density at radius 1 is 1.14 bits per heavy atom. The summed E-state index contributed by atoms with van der Waals surface area (Å²) < 4.78 is 5.70. The van der Waals surface area contributed by atoms with Crippen molar-refractivity contribution in [1.82, 2.24) is 4.90 Å². The first kappa shape index (κ1) is 16.0. The maximum Gasteiger partial charge on any atom is 0.325 e. The largest absolute Gasteiger partial charge is 0.480 e. The summed E-state index contributed by atoms with van der Waals surface area (Å²) in [4.78, 5) is 13.8. The van der Waals surface area contributed by atoms with Crippen molar-refractivity contribution in [2.45, 2.75) is 51.9 Å². The van der Waals surface area contributed by atoms with Gasteiger partial charge in [0.1, 0.15) is 6.04 Å². The van der Waals surface area contributed by atoms with Crippen molar-refractivity contribution in [3.05, 3.63) is 35.4 Å². The van der Waals surface area contributed by atoms with E-state index in [1.54, 1.807) is 0 Å². The summed E-state index contributed by atoms with van der Waals surface area (Å²) in [6.45, 7) is 9.54. The van der Waals surface area contributed by atoms with Crippen molar-refractivity contribution in [2.75, 3.05) is 13.1 Å². The van der Waals surface area contributed by atoms with Gasteiger partial charge in [-0.3, -0.25) is 9.69 Å². The van der Waals surface area contributed by atoms with Crippen LogP contribution in [-0.4, -0.2) is 41.3 Å². The third kappa shape index (κ3) is 3.83. The molecule has 21 heavy (non-hydrogen) atoms. The van der Waals surface area contributed by atoms with Crippen LogP contribution in [0.5, 0.6) is 0 Å². The second-order valence-corrected chi connectivity index (χ2v) is 6.27. The number of carboxylic acids is 1. The molecular weight excluding hydrogens is 266 g/mol. The Labute approximate surface area is 126 Å². The van der Waals surface area contributed by atoms with Gasteiger partial charge < -0.3 is 9.84 Å². The van der Waals surface area contributed by atoms with Gasteiger partial charge in [-0.25, -0.2) is 0 Å². The number of hydrogen-bond acceptors (Lipinski definition) is 3. The van der Waals surface area contributed by atoms with Crippen LogP contribution in [0.1, 0.15) is 50.8 Å². The molecule has 1 N–H and O–H groups in total. The van der Waals surface area contributed by atoms with E-state index in [2.05, 4.69) is 13.8 Å². The molecule has 0 saturated carbocycles. The van der Waals surface area contributed by atoms with E-state index >= 15 is 0 Å². The van der Waals surface area contributed by atoms with Crippen molar-refractivity contribution in [2.24, 2.45) is 0 Å². The van der Waals surface area contributed by atoms with Crippen LogP contribution in [0.25, 0.3) is 0 Å². The fraction of sp³-hybridized carbons (Fsp3) is 0.588. The van der Waals surface area contributed by atoms with E-state index in [9.17, 15) is 9.90 Å². The molecule has 4 heteroatoms. The molecule has 0 spiro atoms. The number of benzene rings is 1. The molecule has 1 aliphatic rings. The quantitative estimate of drug-likeness (QED) is 0.926. The third-order valence-electron chi connectivity index (χ3n) is 3.97. The van der Waals surface area contributed by atoms with Crippen molar-refractivity contribution >= 4 is 5.97 Å². The van der Waals surface area contributed by atoms with Crippen LogP contribution in [0.4, 0.5) is 0 Å². The summed E-state index contributed by atoms with van der Waals surface area (Å²) in [6.07, 6.45) is 0.121. The number of ether oxygens (including phenoxy) is 1. The number of carboxylic acid groups (broad SMARTS) is 1. The van der Waals surface area contributed by atoms with Crippen molar-refractivity contribution < 1.29 is 14.6 Å². The Kier molecular flexibility index (Phi) is 5.01. The topological polar surface area (TPSA) is 49.8 Å². The zero-order valence-corrected chi connectivity index (χ0v) is 13.2. The maximum atomic E-state index is 11.7. The van der Waals surface area contributed by atoms with E-state index in [0.717, 1.165) is 5.56 Å². The number of rotatable bonds is 4. The molecule has 0 radical (unpaired) electrons. The number of carbonyl (C=O) groups is 1. The predicted octanol–water partition coefficient (Wildman–Crippen LogP) is 3.04. The van der Waals surface area contributed by atoms with Gasteiger partial charge in [0.15, 0.2) is 0 Å². The fourth-order valence-corrected chi connectivity index (χ4v) is 3.00. The Balaban J connectivity index is 2.24. The van der Waals surface area contributed by atoms with Crippen LogP contribution in [0, 0.1) is 0 Å². The molecule has 2 rings (SSSR count). The molecule has 0 aliphatic carbocycles. The highest BCUT2D eigenvalue weighted by atomic mass is 16.5. The molecule has 1 fully saturated rings. The third-order valence-corrected chi connectivity index (χ3v) is 3.97. The summed E-state index contributed by atoms with van der Waals surface area (Å²) in [6, 6.07) is 7.35. The lowest BCUT2D eigenvalue weighted by Gasteiger charge is -2.38. The molecule has 0 aromatic heterocycles. The molecule has 1 aromatic carbocycles. The summed E-state index contributed by atoms with van der Waals surface area (Å²) >= 11 is 0. The summed E-state index contributed by atoms with van der Waals surface area (Å²) in [5.74, 6) is -0.348. The van der Waals surface area contributed by atoms with Gasteiger partial charge in [-0.15, -0.1) is 0 Å². The second kappa shape index (κ2) is 6.58. The summed E-state index contributed by atoms with van der Waals surface area (Å²) in [5, 5.41) is 9.65. The number of aliphatic carboxylic acids is 1. The van der Waals surface area contributed by atoms with E-state index < -0.39 is 12.0 Å². The predicted molar refractivity (Wildman–Crippen MR) is 82.5 cm³/mol.